The van der Waals surface area contributed by atoms with E-state index in [2.05, 4.69) is 40.1 Å². The maximum atomic E-state index is 9.13. The molecule has 0 fully saturated rings. The number of hydrogen-bond donors (Lipinski definition) is 7. The van der Waals surface area contributed by atoms with Gasteiger partial charge < -0.3 is 109 Å². The van der Waals surface area contributed by atoms with E-state index in [4.69, 9.17) is 69.3 Å². The first-order chi connectivity index (χ1) is 15.9. The average molecular weight is 673 g/mol. The van der Waals surface area contributed by atoms with E-state index in [0.717, 1.165) is 0 Å². The first kappa shape index (κ1) is 65.1. The average Bonchev–Trinajstić information content (AvgIpc) is 2.80. The van der Waals surface area contributed by atoms with Crippen molar-refractivity contribution in [2.45, 2.75) is 0 Å². The van der Waals surface area contributed by atoms with Crippen molar-refractivity contribution in [3.8, 4) is 0 Å². The van der Waals surface area contributed by atoms with E-state index in [0.29, 0.717) is 0 Å². The van der Waals surface area contributed by atoms with Gasteiger partial charge in [-0.2, -0.15) is 0 Å². The monoisotopic (exact) mass is 671 g/mol. The van der Waals surface area contributed by atoms with Gasteiger partial charge in [-0.15, -0.1) is 12.4 Å². The molecule has 0 radical (unpaired) electrons. The van der Waals surface area contributed by atoms with Gasteiger partial charge >= 0.3 is 43.6 Å². The number of rotatable bonds is 7. The molecule has 0 spiro atoms. The van der Waals surface area contributed by atoms with Gasteiger partial charge in [0, 0.05) is 45.8 Å². The van der Waals surface area contributed by atoms with E-state index in [1.165, 1.54) is 0 Å². The number of aliphatic carboxylic acids is 7. The van der Waals surface area contributed by atoms with Gasteiger partial charge in [-0.3, -0.25) is 0 Å². The van der Waals surface area contributed by atoms with Crippen molar-refractivity contribution in [1.82, 2.24) is 0 Å². The Kier molecular flexibility index (Phi) is 102. The summed E-state index contributed by atoms with van der Waals surface area (Å²) in [7, 11) is 0. The molecule has 0 amide bonds. The summed E-state index contributed by atoms with van der Waals surface area (Å²) in [6.07, 6.45) is 0. The molecule has 0 aliphatic rings. The fourth-order valence-electron chi connectivity index (χ4n) is 0. The van der Waals surface area contributed by atoms with Crippen molar-refractivity contribution in [3.63, 3.8) is 0 Å². The fourth-order valence-corrected chi connectivity index (χ4v) is 0. The zero-order valence-corrected chi connectivity index (χ0v) is 24.1. The molecule has 14 N–H and O–H groups in total. The second-order valence-electron chi connectivity index (χ2n) is 4.03. The molecule has 0 saturated carbocycles. The Morgan fingerprint density at radius 2 is 0.368 bits per heavy atom. The molecule has 0 aromatic carbocycles. The molecule has 0 aromatic heterocycles. The SMILES string of the molecule is Cl.NCC(=O)[O-].NCC(=O)[O-].NCC(=O)[O-].NCC(=O)[O-].NCC(=O)[O-].NCC(=O)[O-].NCC(=O)[O-].[Al+3].[Zr+4]. The molecule has 0 atom stereocenters. The number of halogens is 1. The van der Waals surface area contributed by atoms with Gasteiger partial charge in [0.25, 0.3) is 0 Å². The van der Waals surface area contributed by atoms with Gasteiger partial charge in [0.05, 0.1) is 41.8 Å². The number of carboxylic acids is 7. The summed E-state index contributed by atoms with van der Waals surface area (Å²) in [6.45, 7) is -2.72. The van der Waals surface area contributed by atoms with Crippen LogP contribution in [0, 0.1) is 0 Å². The van der Waals surface area contributed by atoms with Crippen molar-refractivity contribution < 1.29 is 95.5 Å². The summed E-state index contributed by atoms with van der Waals surface area (Å²) in [4.78, 5) is 63.9. The molecule has 0 bridgehead atoms. The van der Waals surface area contributed by atoms with Crippen LogP contribution in [0.2, 0.25) is 0 Å². The molecule has 0 aliphatic carbocycles. The van der Waals surface area contributed by atoms with Crippen LogP contribution in [0.1, 0.15) is 0 Å². The Balaban J connectivity index is -0.0000000297. The zero-order valence-electron chi connectivity index (χ0n) is 19.7. The molecular weight excluding hydrogens is 644 g/mol. The molecule has 0 unspecified atom stereocenters. The van der Waals surface area contributed by atoms with Crippen LogP contribution in [0.5, 0.6) is 0 Å². The molecule has 38 heavy (non-hydrogen) atoms. The Labute approximate surface area is 252 Å². The number of hydrogen-bond acceptors (Lipinski definition) is 21. The van der Waals surface area contributed by atoms with E-state index in [1.54, 1.807) is 0 Å². The Bertz CT molecular complexity index is 458. The summed E-state index contributed by atoms with van der Waals surface area (Å²) in [5.41, 5.74) is 31.6. The summed E-state index contributed by atoms with van der Waals surface area (Å²) in [5, 5.41) is 63.9. The minimum Gasteiger partial charge on any atom is -0.549 e. The largest absolute Gasteiger partial charge is 4.00 e. The minimum atomic E-state index is -1.22. The number of carbonyl (C=O) groups is 7. The normalized spacial score (nSPS) is 6.82. The van der Waals surface area contributed by atoms with Gasteiger partial charge in [0.15, 0.2) is 0 Å². The first-order valence-corrected chi connectivity index (χ1v) is 8.19. The molecule has 21 nitrogen and oxygen atoms in total. The Morgan fingerprint density at radius 1 is 0.342 bits per heavy atom. The van der Waals surface area contributed by atoms with Crippen molar-refractivity contribution in [2.24, 2.45) is 40.1 Å². The van der Waals surface area contributed by atoms with Crippen LogP contribution >= 0.6 is 12.4 Å². The predicted octanol–water partition coefficient (Wildman–Crippen LogP) is -16.1. The molecule has 0 heterocycles. The third kappa shape index (κ3) is 263. The standard InChI is InChI=1S/7C2H5NO2.Al.ClH.Zr/c7*3-1-2(4)5;;;/h7*1,3H2,(H,4,5);;1H;/q;;;;;;;+3;;+4/p-7. The predicted molar refractivity (Wildman–Crippen MR) is 111 cm³/mol. The van der Waals surface area contributed by atoms with Crippen molar-refractivity contribution in [1.29, 1.82) is 0 Å². The van der Waals surface area contributed by atoms with Gasteiger partial charge in [-0.25, -0.2) is 0 Å². The number of carboxylic acid groups (broad SMARTS) is 7. The molecular formula is C14H29AlClN7O14Zr. The number of carbonyl (C=O) groups excluding carboxylic acids is 7. The van der Waals surface area contributed by atoms with Crippen LogP contribution in [0.3, 0.4) is 0 Å². The van der Waals surface area contributed by atoms with Crippen LogP contribution in [0.4, 0.5) is 0 Å². The summed E-state index contributed by atoms with van der Waals surface area (Å²) in [6, 6.07) is 0. The van der Waals surface area contributed by atoms with E-state index in [1.807, 2.05) is 0 Å². The topological polar surface area (TPSA) is 463 Å². The van der Waals surface area contributed by atoms with Crippen molar-refractivity contribution >= 4 is 71.6 Å². The van der Waals surface area contributed by atoms with E-state index >= 15 is 0 Å². The Morgan fingerprint density at radius 3 is 0.368 bits per heavy atom. The Hall–Kier alpha value is -2.28. The zero-order chi connectivity index (χ0) is 30.0. The minimum absolute atomic E-state index is 0. The molecule has 24 heteroatoms. The van der Waals surface area contributed by atoms with Gasteiger partial charge in [-0.05, 0) is 0 Å². The molecule has 0 rings (SSSR count). The maximum absolute atomic E-state index is 9.13. The smallest absolute Gasteiger partial charge is 0.549 e. The maximum Gasteiger partial charge on any atom is 4.00 e. The van der Waals surface area contributed by atoms with Gasteiger partial charge in [-0.1, -0.05) is 0 Å². The van der Waals surface area contributed by atoms with Crippen LogP contribution < -0.4 is 75.9 Å². The number of nitrogens with two attached hydrogens (primary N) is 7. The third-order valence-corrected chi connectivity index (χ3v) is 1.17. The summed E-state index contributed by atoms with van der Waals surface area (Å²) >= 11 is 0. The second-order valence-corrected chi connectivity index (χ2v) is 4.03. The second kappa shape index (κ2) is 59.7. The molecule has 0 aliphatic heterocycles. The van der Waals surface area contributed by atoms with Crippen LogP contribution in [-0.4, -0.2) is 105 Å². The van der Waals surface area contributed by atoms with Gasteiger partial charge in [0.2, 0.25) is 0 Å². The van der Waals surface area contributed by atoms with Gasteiger partial charge in [0.1, 0.15) is 0 Å². The van der Waals surface area contributed by atoms with E-state index < -0.39 is 41.8 Å². The van der Waals surface area contributed by atoms with Crippen LogP contribution in [0.15, 0.2) is 0 Å². The van der Waals surface area contributed by atoms with Crippen molar-refractivity contribution in [3.05, 3.63) is 0 Å². The quantitative estimate of drug-likeness (QED) is 0.123. The van der Waals surface area contributed by atoms with Crippen molar-refractivity contribution in [2.75, 3.05) is 45.8 Å². The van der Waals surface area contributed by atoms with E-state index in [9.17, 15) is 0 Å². The molecule has 0 saturated heterocycles. The molecule has 218 valence electrons. The first-order valence-electron chi connectivity index (χ1n) is 8.19. The summed E-state index contributed by atoms with van der Waals surface area (Å²) < 4.78 is 0. The van der Waals surface area contributed by atoms with E-state index in [-0.39, 0.29) is 102 Å². The van der Waals surface area contributed by atoms with Crippen LogP contribution in [-0.2, 0) is 59.8 Å². The third-order valence-electron chi connectivity index (χ3n) is 1.17. The summed E-state index contributed by atoms with van der Waals surface area (Å²) in [5.74, 6) is -8.52. The fraction of sp³-hybridized carbons (Fsp3) is 0.500. The molecule has 0 aromatic rings. The van der Waals surface area contributed by atoms with Crippen LogP contribution in [0.25, 0.3) is 0 Å².